The molecule has 0 aromatic rings. The zero-order valence-corrected chi connectivity index (χ0v) is 7.03. The van der Waals surface area contributed by atoms with Crippen LogP contribution >= 0.6 is 0 Å². The standard InChI is InChI=1S/C10H18/c1-9-3-7-10(8-4-9)5-2-6-10/h9H,2-8H2,1H3. The van der Waals surface area contributed by atoms with E-state index in [-0.39, 0.29) is 0 Å². The van der Waals surface area contributed by atoms with E-state index >= 15 is 0 Å². The molecule has 58 valence electrons. The van der Waals surface area contributed by atoms with E-state index in [0.717, 1.165) is 11.3 Å². The van der Waals surface area contributed by atoms with Crippen molar-refractivity contribution in [1.82, 2.24) is 0 Å². The van der Waals surface area contributed by atoms with Crippen molar-refractivity contribution in [2.75, 3.05) is 0 Å². The molecule has 1 spiro atoms. The van der Waals surface area contributed by atoms with Gasteiger partial charge in [-0.2, -0.15) is 0 Å². The lowest BCUT2D eigenvalue weighted by atomic mass is 9.59. The van der Waals surface area contributed by atoms with Crippen molar-refractivity contribution in [2.45, 2.75) is 51.9 Å². The highest BCUT2D eigenvalue weighted by atomic mass is 14.4. The monoisotopic (exact) mass is 138 g/mol. The average Bonchev–Trinajstić information content (AvgIpc) is 1.86. The molecule has 10 heavy (non-hydrogen) atoms. The minimum Gasteiger partial charge on any atom is -0.0625 e. The highest BCUT2D eigenvalue weighted by molar-refractivity contribution is 4.90. The number of rotatable bonds is 0. The van der Waals surface area contributed by atoms with Crippen LogP contribution in [-0.2, 0) is 0 Å². The smallest absolute Gasteiger partial charge is 0.0297 e. The highest BCUT2D eigenvalue weighted by Gasteiger charge is 2.38. The second-order valence-corrected chi connectivity index (χ2v) is 4.54. The van der Waals surface area contributed by atoms with Crippen LogP contribution in [-0.4, -0.2) is 0 Å². The van der Waals surface area contributed by atoms with E-state index in [1.165, 1.54) is 19.3 Å². The second-order valence-electron chi connectivity index (χ2n) is 4.54. The van der Waals surface area contributed by atoms with Gasteiger partial charge in [0.2, 0.25) is 0 Å². The van der Waals surface area contributed by atoms with Crippen molar-refractivity contribution in [1.29, 1.82) is 0 Å². The van der Waals surface area contributed by atoms with E-state index in [9.17, 15) is 0 Å². The molecule has 0 heterocycles. The zero-order chi connectivity index (χ0) is 7.03. The maximum atomic E-state index is 2.41. The summed E-state index contributed by atoms with van der Waals surface area (Å²) in [6, 6.07) is 0. The molecular weight excluding hydrogens is 120 g/mol. The Morgan fingerprint density at radius 2 is 1.60 bits per heavy atom. The predicted molar refractivity (Wildman–Crippen MR) is 43.9 cm³/mol. The third-order valence-corrected chi connectivity index (χ3v) is 3.75. The van der Waals surface area contributed by atoms with E-state index in [1.807, 2.05) is 0 Å². The van der Waals surface area contributed by atoms with Crippen molar-refractivity contribution in [3.63, 3.8) is 0 Å². The summed E-state index contributed by atoms with van der Waals surface area (Å²) in [4.78, 5) is 0. The Bertz CT molecular complexity index is 112. The maximum absolute atomic E-state index is 2.41. The normalized spacial score (nSPS) is 32.1. The molecule has 0 bridgehead atoms. The van der Waals surface area contributed by atoms with Crippen molar-refractivity contribution >= 4 is 0 Å². The van der Waals surface area contributed by atoms with Crippen molar-refractivity contribution in [3.05, 3.63) is 0 Å². The first-order chi connectivity index (χ1) is 4.81. The molecule has 0 heteroatoms. The molecule has 2 fully saturated rings. The second kappa shape index (κ2) is 2.25. The van der Waals surface area contributed by atoms with Gasteiger partial charge in [0.05, 0.1) is 0 Å². The molecule has 2 aliphatic rings. The molecule has 0 aromatic heterocycles. The summed E-state index contributed by atoms with van der Waals surface area (Å²) in [5.74, 6) is 1.03. The highest BCUT2D eigenvalue weighted by Crippen LogP contribution is 2.52. The Kier molecular flexibility index (Phi) is 1.51. The summed E-state index contributed by atoms with van der Waals surface area (Å²) in [5.41, 5.74) is 0.881. The van der Waals surface area contributed by atoms with Crippen molar-refractivity contribution in [2.24, 2.45) is 11.3 Å². The van der Waals surface area contributed by atoms with Crippen LogP contribution in [0.2, 0.25) is 0 Å². The van der Waals surface area contributed by atoms with Crippen molar-refractivity contribution < 1.29 is 0 Å². The molecule has 0 aliphatic heterocycles. The van der Waals surface area contributed by atoms with Gasteiger partial charge in [-0.05, 0) is 37.0 Å². The minimum atomic E-state index is 0.881. The predicted octanol–water partition coefficient (Wildman–Crippen LogP) is 3.37. The molecule has 0 aromatic carbocycles. The van der Waals surface area contributed by atoms with E-state index < -0.39 is 0 Å². The molecule has 0 radical (unpaired) electrons. The Hall–Kier alpha value is 0. The van der Waals surface area contributed by atoms with E-state index in [0.29, 0.717) is 0 Å². The molecule has 0 saturated heterocycles. The summed E-state index contributed by atoms with van der Waals surface area (Å²) in [6.45, 7) is 2.41. The van der Waals surface area contributed by atoms with E-state index in [1.54, 1.807) is 25.7 Å². The fraction of sp³-hybridized carbons (Fsp3) is 1.00. The van der Waals surface area contributed by atoms with Crippen LogP contribution in [0.4, 0.5) is 0 Å². The van der Waals surface area contributed by atoms with Gasteiger partial charge in [-0.15, -0.1) is 0 Å². The first-order valence-corrected chi connectivity index (χ1v) is 4.81. The average molecular weight is 138 g/mol. The molecule has 0 atom stereocenters. The Morgan fingerprint density at radius 1 is 1.00 bits per heavy atom. The quantitative estimate of drug-likeness (QED) is 0.481. The summed E-state index contributed by atoms with van der Waals surface area (Å²) in [5, 5.41) is 0. The fourth-order valence-corrected chi connectivity index (χ4v) is 2.55. The molecule has 2 saturated carbocycles. The largest absolute Gasteiger partial charge is 0.0625 e. The van der Waals surface area contributed by atoms with E-state index in [2.05, 4.69) is 6.92 Å². The number of hydrogen-bond donors (Lipinski definition) is 0. The Labute approximate surface area is 64.0 Å². The van der Waals surface area contributed by atoms with Crippen LogP contribution in [0.15, 0.2) is 0 Å². The van der Waals surface area contributed by atoms with Gasteiger partial charge >= 0.3 is 0 Å². The lowest BCUT2D eigenvalue weighted by Gasteiger charge is -2.46. The maximum Gasteiger partial charge on any atom is -0.0297 e. The molecule has 2 rings (SSSR count). The molecular formula is C10H18. The molecule has 0 nitrogen and oxygen atoms in total. The van der Waals surface area contributed by atoms with Gasteiger partial charge in [0.1, 0.15) is 0 Å². The summed E-state index contributed by atoms with van der Waals surface area (Å²) in [6.07, 6.45) is 10.8. The summed E-state index contributed by atoms with van der Waals surface area (Å²) in [7, 11) is 0. The molecule has 0 amide bonds. The first-order valence-electron chi connectivity index (χ1n) is 4.81. The fourth-order valence-electron chi connectivity index (χ4n) is 2.55. The number of hydrogen-bond acceptors (Lipinski definition) is 0. The van der Waals surface area contributed by atoms with Crippen LogP contribution in [0.25, 0.3) is 0 Å². The van der Waals surface area contributed by atoms with E-state index in [4.69, 9.17) is 0 Å². The third kappa shape index (κ3) is 0.980. The Morgan fingerprint density at radius 3 is 2.00 bits per heavy atom. The van der Waals surface area contributed by atoms with Gasteiger partial charge in [-0.25, -0.2) is 0 Å². The molecule has 0 unspecified atom stereocenters. The van der Waals surface area contributed by atoms with Crippen LogP contribution in [0.5, 0.6) is 0 Å². The lowest BCUT2D eigenvalue weighted by Crippen LogP contribution is -2.33. The summed E-state index contributed by atoms with van der Waals surface area (Å²) < 4.78 is 0. The first kappa shape index (κ1) is 6.69. The van der Waals surface area contributed by atoms with Crippen LogP contribution in [0, 0.1) is 11.3 Å². The minimum absolute atomic E-state index is 0.881. The SMILES string of the molecule is CC1CCC2(CCC2)CC1. The Balaban J connectivity index is 1.90. The van der Waals surface area contributed by atoms with Gasteiger partial charge in [0, 0.05) is 0 Å². The topological polar surface area (TPSA) is 0 Å². The lowest BCUT2D eigenvalue weighted by molar-refractivity contribution is 0.0592. The van der Waals surface area contributed by atoms with Gasteiger partial charge in [-0.1, -0.05) is 26.2 Å². The van der Waals surface area contributed by atoms with Crippen LogP contribution in [0.1, 0.15) is 51.9 Å². The van der Waals surface area contributed by atoms with Gasteiger partial charge < -0.3 is 0 Å². The summed E-state index contributed by atoms with van der Waals surface area (Å²) >= 11 is 0. The zero-order valence-electron chi connectivity index (χ0n) is 7.03. The van der Waals surface area contributed by atoms with Crippen molar-refractivity contribution in [3.8, 4) is 0 Å². The third-order valence-electron chi connectivity index (χ3n) is 3.75. The molecule has 2 aliphatic carbocycles. The van der Waals surface area contributed by atoms with Gasteiger partial charge in [0.25, 0.3) is 0 Å². The van der Waals surface area contributed by atoms with Crippen LogP contribution in [0.3, 0.4) is 0 Å². The van der Waals surface area contributed by atoms with Gasteiger partial charge in [-0.3, -0.25) is 0 Å². The molecule has 0 N–H and O–H groups in total. The van der Waals surface area contributed by atoms with Gasteiger partial charge in [0.15, 0.2) is 0 Å². The van der Waals surface area contributed by atoms with Crippen LogP contribution < -0.4 is 0 Å².